The molecule has 2 aromatic carbocycles. The van der Waals surface area contributed by atoms with E-state index < -0.39 is 0 Å². The summed E-state index contributed by atoms with van der Waals surface area (Å²) >= 11 is 0. The molecule has 1 atom stereocenters. The number of hydrogen-bond donors (Lipinski definition) is 0. The van der Waals surface area contributed by atoms with Crippen molar-refractivity contribution in [3.63, 3.8) is 0 Å². The van der Waals surface area contributed by atoms with Gasteiger partial charge in [-0.05, 0) is 55.0 Å². The Kier molecular flexibility index (Phi) is 7.21. The maximum atomic E-state index is 12.4. The van der Waals surface area contributed by atoms with Crippen LogP contribution in [0.4, 0.5) is 0 Å². The second-order valence-electron chi connectivity index (χ2n) is 5.91. The first kappa shape index (κ1) is 19.5. The van der Waals surface area contributed by atoms with Crippen molar-refractivity contribution in [2.45, 2.75) is 20.3 Å². The Bertz CT molecular complexity index is 719. The van der Waals surface area contributed by atoms with Crippen molar-refractivity contribution >= 4 is 11.8 Å². The van der Waals surface area contributed by atoms with Crippen LogP contribution in [0.1, 0.15) is 36.2 Å². The van der Waals surface area contributed by atoms with Crippen LogP contribution in [0.15, 0.2) is 48.5 Å². The molecule has 138 valence electrons. The average molecular weight is 356 g/mol. The molecule has 26 heavy (non-hydrogen) atoms. The minimum Gasteiger partial charge on any atom is -0.497 e. The molecular formula is C21H24O5. The molecule has 0 saturated heterocycles. The van der Waals surface area contributed by atoms with Gasteiger partial charge in [0, 0.05) is 11.1 Å². The predicted molar refractivity (Wildman–Crippen MR) is 98.8 cm³/mol. The van der Waals surface area contributed by atoms with E-state index in [4.69, 9.17) is 14.2 Å². The maximum absolute atomic E-state index is 12.4. The van der Waals surface area contributed by atoms with Crippen LogP contribution >= 0.6 is 0 Å². The highest BCUT2D eigenvalue weighted by atomic mass is 16.6. The van der Waals surface area contributed by atoms with Crippen LogP contribution < -0.4 is 9.47 Å². The number of benzene rings is 2. The zero-order chi connectivity index (χ0) is 18.9. The number of carbonyl (C=O) groups is 2. The van der Waals surface area contributed by atoms with Crippen molar-refractivity contribution in [3.05, 3.63) is 59.7 Å². The van der Waals surface area contributed by atoms with Crippen LogP contribution in [0, 0.1) is 5.92 Å². The van der Waals surface area contributed by atoms with E-state index in [2.05, 4.69) is 0 Å². The number of carbonyl (C=O) groups excluding carboxylic acids is 2. The van der Waals surface area contributed by atoms with Gasteiger partial charge in [-0.25, -0.2) is 0 Å². The van der Waals surface area contributed by atoms with Gasteiger partial charge in [0.25, 0.3) is 0 Å². The third-order valence-electron chi connectivity index (χ3n) is 4.08. The number of ether oxygens (including phenoxy) is 3. The van der Waals surface area contributed by atoms with Crippen LogP contribution in [-0.4, -0.2) is 32.1 Å². The molecule has 2 aromatic rings. The third kappa shape index (κ3) is 5.34. The first-order chi connectivity index (χ1) is 12.5. The lowest BCUT2D eigenvalue weighted by atomic mass is 10.0. The van der Waals surface area contributed by atoms with Gasteiger partial charge in [0.05, 0.1) is 13.0 Å². The van der Waals surface area contributed by atoms with Crippen molar-refractivity contribution in [1.82, 2.24) is 0 Å². The smallest absolute Gasteiger partial charge is 0.308 e. The van der Waals surface area contributed by atoms with E-state index in [1.165, 1.54) is 0 Å². The summed E-state index contributed by atoms with van der Waals surface area (Å²) in [5.41, 5.74) is 1.17. The van der Waals surface area contributed by atoms with Crippen molar-refractivity contribution in [2.24, 2.45) is 5.92 Å². The Labute approximate surface area is 153 Å². The molecule has 5 nitrogen and oxygen atoms in total. The van der Waals surface area contributed by atoms with E-state index in [-0.39, 0.29) is 30.9 Å². The summed E-state index contributed by atoms with van der Waals surface area (Å²) in [5.74, 6) is 0.951. The molecule has 0 fully saturated rings. The fourth-order valence-electron chi connectivity index (χ4n) is 2.22. The molecule has 0 saturated carbocycles. The molecule has 0 aliphatic carbocycles. The van der Waals surface area contributed by atoms with E-state index in [1.54, 1.807) is 55.6 Å². The molecule has 5 heteroatoms. The van der Waals surface area contributed by atoms with Gasteiger partial charge in [-0.3, -0.25) is 9.59 Å². The molecule has 0 heterocycles. The Morgan fingerprint density at radius 3 is 1.92 bits per heavy atom. The molecule has 0 amide bonds. The zero-order valence-electron chi connectivity index (χ0n) is 15.4. The zero-order valence-corrected chi connectivity index (χ0v) is 15.4. The van der Waals surface area contributed by atoms with Crippen LogP contribution in [0.25, 0.3) is 0 Å². The third-order valence-corrected chi connectivity index (χ3v) is 4.08. The molecule has 0 radical (unpaired) electrons. The molecular weight excluding hydrogens is 332 g/mol. The fourth-order valence-corrected chi connectivity index (χ4v) is 2.22. The highest BCUT2D eigenvalue weighted by Gasteiger charge is 2.12. The van der Waals surface area contributed by atoms with E-state index in [1.807, 2.05) is 13.8 Å². The summed E-state index contributed by atoms with van der Waals surface area (Å²) in [6.07, 6.45) is 0.753. The summed E-state index contributed by atoms with van der Waals surface area (Å²) in [5, 5.41) is 0. The first-order valence-corrected chi connectivity index (χ1v) is 8.63. The maximum Gasteiger partial charge on any atom is 0.308 e. The molecule has 0 aliphatic rings. The van der Waals surface area contributed by atoms with Crippen molar-refractivity contribution in [3.8, 4) is 11.5 Å². The van der Waals surface area contributed by atoms with E-state index in [0.29, 0.717) is 22.6 Å². The predicted octanol–water partition coefficient (Wildman–Crippen LogP) is 3.89. The minimum atomic E-state index is -0.212. The van der Waals surface area contributed by atoms with Gasteiger partial charge < -0.3 is 14.2 Å². The molecule has 0 aromatic heterocycles. The van der Waals surface area contributed by atoms with E-state index in [0.717, 1.165) is 6.42 Å². The van der Waals surface area contributed by atoms with Gasteiger partial charge in [0.15, 0.2) is 5.78 Å². The topological polar surface area (TPSA) is 61.8 Å². The SMILES string of the molecule is CCC(C)C(=O)OCCOc1ccc(C(=O)c2ccc(OC)cc2)cc1. The normalized spacial score (nSPS) is 11.5. The second kappa shape index (κ2) is 9.61. The Balaban J connectivity index is 1.85. The van der Waals surface area contributed by atoms with Crippen molar-refractivity contribution in [1.29, 1.82) is 0 Å². The fraction of sp³-hybridized carbons (Fsp3) is 0.333. The molecule has 2 rings (SSSR count). The van der Waals surface area contributed by atoms with E-state index in [9.17, 15) is 9.59 Å². The van der Waals surface area contributed by atoms with Gasteiger partial charge >= 0.3 is 5.97 Å². The lowest BCUT2D eigenvalue weighted by molar-refractivity contribution is -0.148. The summed E-state index contributed by atoms with van der Waals surface area (Å²) in [6.45, 7) is 4.25. The molecule has 0 spiro atoms. The monoisotopic (exact) mass is 356 g/mol. The highest BCUT2D eigenvalue weighted by molar-refractivity contribution is 6.09. The number of esters is 1. The molecule has 0 bridgehead atoms. The minimum absolute atomic E-state index is 0.0679. The van der Waals surface area contributed by atoms with Gasteiger partial charge in [-0.15, -0.1) is 0 Å². The number of hydrogen-bond acceptors (Lipinski definition) is 5. The molecule has 0 N–H and O–H groups in total. The summed E-state index contributed by atoms with van der Waals surface area (Å²) in [6, 6.07) is 13.9. The lowest BCUT2D eigenvalue weighted by Gasteiger charge is -2.10. The summed E-state index contributed by atoms with van der Waals surface area (Å²) < 4.78 is 15.8. The van der Waals surface area contributed by atoms with Gasteiger partial charge in [0.2, 0.25) is 0 Å². The van der Waals surface area contributed by atoms with Crippen LogP contribution in [-0.2, 0) is 9.53 Å². The molecule has 1 unspecified atom stereocenters. The first-order valence-electron chi connectivity index (χ1n) is 8.63. The number of rotatable bonds is 9. The van der Waals surface area contributed by atoms with Crippen LogP contribution in [0.5, 0.6) is 11.5 Å². The Morgan fingerprint density at radius 2 is 1.42 bits per heavy atom. The van der Waals surface area contributed by atoms with Crippen LogP contribution in [0.3, 0.4) is 0 Å². The van der Waals surface area contributed by atoms with E-state index >= 15 is 0 Å². The van der Waals surface area contributed by atoms with Crippen molar-refractivity contribution < 1.29 is 23.8 Å². The van der Waals surface area contributed by atoms with Gasteiger partial charge in [-0.1, -0.05) is 13.8 Å². The highest BCUT2D eigenvalue weighted by Crippen LogP contribution is 2.18. The number of ketones is 1. The standard InChI is InChI=1S/C21H24O5/c1-4-15(2)21(23)26-14-13-25-19-11-7-17(8-12-19)20(22)16-5-9-18(24-3)10-6-16/h5-12,15H,4,13-14H2,1-3H3. The van der Waals surface area contributed by atoms with Gasteiger partial charge in [-0.2, -0.15) is 0 Å². The summed E-state index contributed by atoms with van der Waals surface area (Å²) in [7, 11) is 1.58. The summed E-state index contributed by atoms with van der Waals surface area (Å²) in [4.78, 5) is 24.0. The van der Waals surface area contributed by atoms with Gasteiger partial charge in [0.1, 0.15) is 24.7 Å². The lowest BCUT2D eigenvalue weighted by Crippen LogP contribution is -2.17. The average Bonchev–Trinajstić information content (AvgIpc) is 2.70. The molecule has 0 aliphatic heterocycles. The van der Waals surface area contributed by atoms with Crippen LogP contribution in [0.2, 0.25) is 0 Å². The Hall–Kier alpha value is -2.82. The largest absolute Gasteiger partial charge is 0.497 e. The van der Waals surface area contributed by atoms with Crippen molar-refractivity contribution in [2.75, 3.05) is 20.3 Å². The quantitative estimate of drug-likeness (QED) is 0.387. The number of methoxy groups -OCH3 is 1. The second-order valence-corrected chi connectivity index (χ2v) is 5.91. The Morgan fingerprint density at radius 1 is 0.885 bits per heavy atom.